The molecule has 2 bridgehead atoms. The van der Waals surface area contributed by atoms with Crippen LogP contribution in [0.2, 0.25) is 0 Å². The molecule has 1 spiro atoms. The number of fused-ring (bicyclic) bond motifs is 1. The number of carbonyl (C=O) groups is 1. The van der Waals surface area contributed by atoms with Crippen LogP contribution in [0.15, 0.2) is 0 Å². The van der Waals surface area contributed by atoms with Crippen molar-refractivity contribution in [2.24, 2.45) is 57.2 Å². The number of rotatable bonds is 3. The van der Waals surface area contributed by atoms with E-state index in [0.29, 0.717) is 33.9 Å². The predicted octanol–water partition coefficient (Wildman–Crippen LogP) is 6.75. The van der Waals surface area contributed by atoms with E-state index < -0.39 is 0 Å². The molecular formula is C25H42O. The first kappa shape index (κ1) is 19.0. The van der Waals surface area contributed by atoms with Crippen molar-refractivity contribution in [1.29, 1.82) is 0 Å². The lowest BCUT2D eigenvalue weighted by Crippen LogP contribution is -2.38. The van der Waals surface area contributed by atoms with Crippen molar-refractivity contribution in [3.8, 4) is 0 Å². The zero-order chi connectivity index (χ0) is 19.3. The maximum atomic E-state index is 12.8. The molecule has 1 nitrogen and oxygen atoms in total. The van der Waals surface area contributed by atoms with Crippen molar-refractivity contribution < 1.29 is 4.79 Å². The molecule has 0 aromatic rings. The first-order chi connectivity index (χ1) is 11.8. The van der Waals surface area contributed by atoms with Crippen LogP contribution in [-0.4, -0.2) is 5.78 Å². The molecule has 7 atom stereocenters. The number of hydrogen-bond acceptors (Lipinski definition) is 1. The molecule has 0 heterocycles. The molecule has 4 rings (SSSR count). The highest BCUT2D eigenvalue weighted by Crippen LogP contribution is 2.89. The molecule has 4 aliphatic carbocycles. The van der Waals surface area contributed by atoms with E-state index in [2.05, 4.69) is 55.4 Å². The van der Waals surface area contributed by atoms with Crippen LogP contribution >= 0.6 is 0 Å². The highest BCUT2D eigenvalue weighted by molar-refractivity contribution is 5.82. The Kier molecular flexibility index (Phi) is 3.94. The van der Waals surface area contributed by atoms with Gasteiger partial charge in [-0.05, 0) is 83.4 Å². The van der Waals surface area contributed by atoms with Gasteiger partial charge in [-0.3, -0.25) is 4.79 Å². The van der Waals surface area contributed by atoms with Gasteiger partial charge in [0.1, 0.15) is 5.78 Å². The van der Waals surface area contributed by atoms with Crippen molar-refractivity contribution in [3.63, 3.8) is 0 Å². The summed E-state index contributed by atoms with van der Waals surface area (Å²) in [6, 6.07) is 0. The van der Waals surface area contributed by atoms with Gasteiger partial charge in [0, 0.05) is 12.3 Å². The fourth-order valence-electron chi connectivity index (χ4n) is 8.95. The Morgan fingerprint density at radius 1 is 1.08 bits per heavy atom. The minimum absolute atomic E-state index is 0.182. The van der Waals surface area contributed by atoms with Crippen LogP contribution in [0.5, 0.6) is 0 Å². The summed E-state index contributed by atoms with van der Waals surface area (Å²) in [6.07, 6.45) is 7.40. The summed E-state index contributed by atoms with van der Waals surface area (Å²) < 4.78 is 0. The van der Waals surface area contributed by atoms with Gasteiger partial charge in [0.15, 0.2) is 0 Å². The zero-order valence-corrected chi connectivity index (χ0v) is 18.6. The first-order valence-corrected chi connectivity index (χ1v) is 11.3. The van der Waals surface area contributed by atoms with Gasteiger partial charge in [0.05, 0.1) is 0 Å². The molecule has 0 aromatic carbocycles. The first-order valence-electron chi connectivity index (χ1n) is 11.3. The standard InChI is InChI=1S/C25H42O/c1-15-9-10-18(19(26)11-15)23(5,6)14-17-12-16-13-25(17)21(24(25,7)8)20(16)22(2,3)4/h15-18,20-21H,9-14H2,1-8H3. The molecule has 26 heavy (non-hydrogen) atoms. The minimum Gasteiger partial charge on any atom is -0.299 e. The molecule has 4 aliphatic rings. The van der Waals surface area contributed by atoms with Crippen molar-refractivity contribution in [1.82, 2.24) is 0 Å². The Hall–Kier alpha value is -0.330. The van der Waals surface area contributed by atoms with Crippen molar-refractivity contribution in [3.05, 3.63) is 0 Å². The van der Waals surface area contributed by atoms with Crippen molar-refractivity contribution in [2.75, 3.05) is 0 Å². The van der Waals surface area contributed by atoms with Gasteiger partial charge in [-0.25, -0.2) is 0 Å². The molecule has 0 amide bonds. The third kappa shape index (κ3) is 2.37. The molecule has 4 saturated carbocycles. The summed E-state index contributed by atoms with van der Waals surface area (Å²) >= 11 is 0. The van der Waals surface area contributed by atoms with Crippen LogP contribution < -0.4 is 0 Å². The van der Waals surface area contributed by atoms with Crippen LogP contribution in [0.1, 0.15) is 93.9 Å². The Morgan fingerprint density at radius 3 is 2.31 bits per heavy atom. The van der Waals surface area contributed by atoms with E-state index in [9.17, 15) is 4.79 Å². The SMILES string of the molecule is CC1CCC(C(C)(C)CC2CC3CC24C(C3C(C)(C)C)C4(C)C)C(=O)C1. The van der Waals surface area contributed by atoms with Crippen LogP contribution in [0.25, 0.3) is 0 Å². The topological polar surface area (TPSA) is 17.1 Å². The fourth-order valence-corrected chi connectivity index (χ4v) is 8.95. The Bertz CT molecular complexity index is 606. The van der Waals surface area contributed by atoms with E-state index in [-0.39, 0.29) is 5.41 Å². The molecule has 148 valence electrons. The maximum absolute atomic E-state index is 12.8. The zero-order valence-electron chi connectivity index (χ0n) is 18.6. The summed E-state index contributed by atoms with van der Waals surface area (Å²) in [5.74, 6) is 5.12. The normalized spacial score (nSPS) is 47.2. The van der Waals surface area contributed by atoms with Gasteiger partial charge in [0.2, 0.25) is 0 Å². The molecule has 1 heteroatoms. The molecular weight excluding hydrogens is 316 g/mol. The van der Waals surface area contributed by atoms with Crippen molar-refractivity contribution >= 4 is 5.78 Å². The summed E-state index contributed by atoms with van der Waals surface area (Å²) in [4.78, 5) is 12.8. The van der Waals surface area contributed by atoms with Crippen molar-refractivity contribution in [2.45, 2.75) is 93.9 Å². The van der Waals surface area contributed by atoms with Crippen LogP contribution in [-0.2, 0) is 4.79 Å². The van der Waals surface area contributed by atoms with Gasteiger partial charge in [0.25, 0.3) is 0 Å². The second kappa shape index (κ2) is 5.38. The van der Waals surface area contributed by atoms with Gasteiger partial charge >= 0.3 is 0 Å². The lowest BCUT2D eigenvalue weighted by Gasteiger charge is -2.42. The second-order valence-corrected chi connectivity index (χ2v) is 13.1. The smallest absolute Gasteiger partial charge is 0.136 e. The molecule has 0 saturated heterocycles. The summed E-state index contributed by atoms with van der Waals surface area (Å²) in [6.45, 7) is 19.6. The third-order valence-corrected chi connectivity index (χ3v) is 9.83. The van der Waals surface area contributed by atoms with Gasteiger partial charge < -0.3 is 0 Å². The molecule has 0 radical (unpaired) electrons. The predicted molar refractivity (Wildman–Crippen MR) is 109 cm³/mol. The minimum atomic E-state index is 0.182. The molecule has 0 N–H and O–H groups in total. The number of hydrogen-bond donors (Lipinski definition) is 0. The highest BCUT2D eigenvalue weighted by atomic mass is 16.1. The van der Waals surface area contributed by atoms with E-state index in [0.717, 1.165) is 36.5 Å². The van der Waals surface area contributed by atoms with Crippen LogP contribution in [0.4, 0.5) is 0 Å². The fraction of sp³-hybridized carbons (Fsp3) is 0.960. The summed E-state index contributed by atoms with van der Waals surface area (Å²) in [7, 11) is 0. The summed E-state index contributed by atoms with van der Waals surface area (Å²) in [5.41, 5.74) is 1.74. The third-order valence-electron chi connectivity index (χ3n) is 9.83. The molecule has 0 aliphatic heterocycles. The highest BCUT2D eigenvalue weighted by Gasteiger charge is 2.83. The Labute approximate surface area is 162 Å². The van der Waals surface area contributed by atoms with E-state index >= 15 is 0 Å². The van der Waals surface area contributed by atoms with Crippen LogP contribution in [0, 0.1) is 57.2 Å². The van der Waals surface area contributed by atoms with E-state index in [4.69, 9.17) is 0 Å². The monoisotopic (exact) mass is 358 g/mol. The van der Waals surface area contributed by atoms with Gasteiger partial charge in [-0.2, -0.15) is 0 Å². The van der Waals surface area contributed by atoms with E-state index in [1.807, 2.05) is 0 Å². The molecule has 4 fully saturated rings. The van der Waals surface area contributed by atoms with E-state index in [1.54, 1.807) is 0 Å². The largest absolute Gasteiger partial charge is 0.299 e. The lowest BCUT2D eigenvalue weighted by molar-refractivity contribution is -0.130. The van der Waals surface area contributed by atoms with Gasteiger partial charge in [-0.1, -0.05) is 55.4 Å². The number of Topliss-reactive ketones (excluding diaryl/α,β-unsaturated/α-hetero) is 1. The molecule has 7 unspecified atom stereocenters. The summed E-state index contributed by atoms with van der Waals surface area (Å²) in [5, 5.41) is 0. The second-order valence-electron chi connectivity index (χ2n) is 13.1. The average Bonchev–Trinajstić information content (AvgIpc) is 2.79. The van der Waals surface area contributed by atoms with E-state index in [1.165, 1.54) is 25.7 Å². The van der Waals surface area contributed by atoms with Gasteiger partial charge in [-0.15, -0.1) is 0 Å². The Balaban J connectivity index is 1.54. The quantitative estimate of drug-likeness (QED) is 0.545. The molecule has 0 aromatic heterocycles. The number of carbonyl (C=O) groups excluding carboxylic acids is 1. The van der Waals surface area contributed by atoms with Crippen LogP contribution in [0.3, 0.4) is 0 Å². The average molecular weight is 359 g/mol. The maximum Gasteiger partial charge on any atom is 0.136 e. The lowest BCUT2D eigenvalue weighted by atomic mass is 9.62. The Morgan fingerprint density at radius 2 is 1.73 bits per heavy atom. The number of ketones is 1.